The van der Waals surface area contributed by atoms with Gasteiger partial charge < -0.3 is 15.4 Å². The number of aryl methyl sites for hydroxylation is 1. The van der Waals surface area contributed by atoms with E-state index in [2.05, 4.69) is 22.0 Å². The van der Waals surface area contributed by atoms with Crippen molar-refractivity contribution < 1.29 is 4.74 Å². The van der Waals surface area contributed by atoms with Crippen molar-refractivity contribution in [3.63, 3.8) is 0 Å². The molecule has 0 fully saturated rings. The summed E-state index contributed by atoms with van der Waals surface area (Å²) in [6.07, 6.45) is 2.68. The van der Waals surface area contributed by atoms with Crippen molar-refractivity contribution in [1.82, 2.24) is 4.98 Å². The van der Waals surface area contributed by atoms with E-state index in [9.17, 15) is 0 Å². The summed E-state index contributed by atoms with van der Waals surface area (Å²) in [6, 6.07) is 8.24. The molecule has 0 unspecified atom stereocenters. The van der Waals surface area contributed by atoms with Crippen LogP contribution >= 0.6 is 0 Å². The van der Waals surface area contributed by atoms with Crippen molar-refractivity contribution in [2.45, 2.75) is 13.3 Å². The molecule has 98 valence electrons. The van der Waals surface area contributed by atoms with Crippen molar-refractivity contribution in [2.75, 3.05) is 24.3 Å². The van der Waals surface area contributed by atoms with Crippen molar-refractivity contribution in [3.8, 4) is 5.75 Å². The SMILES string of the molecule is Cc1cc(N(C)c2ccc3c(c2)CCO3)ncc1N. The van der Waals surface area contributed by atoms with E-state index in [0.717, 1.165) is 41.5 Å². The van der Waals surface area contributed by atoms with Gasteiger partial charge in [-0.05, 0) is 42.3 Å². The summed E-state index contributed by atoms with van der Waals surface area (Å²) >= 11 is 0. The first kappa shape index (κ1) is 11.8. The van der Waals surface area contributed by atoms with E-state index in [4.69, 9.17) is 10.5 Å². The fourth-order valence-electron chi connectivity index (χ4n) is 2.25. The molecule has 1 aromatic carbocycles. The molecule has 2 aromatic rings. The van der Waals surface area contributed by atoms with Crippen LogP contribution in [0.5, 0.6) is 5.75 Å². The molecule has 2 N–H and O–H groups in total. The number of hydrogen-bond acceptors (Lipinski definition) is 4. The van der Waals surface area contributed by atoms with E-state index in [1.54, 1.807) is 6.20 Å². The second kappa shape index (κ2) is 4.46. The molecule has 2 heterocycles. The molecular weight excluding hydrogens is 238 g/mol. The van der Waals surface area contributed by atoms with Gasteiger partial charge >= 0.3 is 0 Å². The Kier molecular flexibility index (Phi) is 2.78. The molecule has 0 saturated carbocycles. The zero-order valence-corrected chi connectivity index (χ0v) is 11.2. The number of nitrogen functional groups attached to an aromatic ring is 1. The molecule has 0 radical (unpaired) electrons. The second-order valence-electron chi connectivity index (χ2n) is 4.85. The minimum atomic E-state index is 0.722. The van der Waals surface area contributed by atoms with Crippen LogP contribution in [0.15, 0.2) is 30.5 Å². The highest BCUT2D eigenvalue weighted by atomic mass is 16.5. The van der Waals surface area contributed by atoms with Gasteiger partial charge in [-0.15, -0.1) is 0 Å². The summed E-state index contributed by atoms with van der Waals surface area (Å²) in [5, 5.41) is 0. The Morgan fingerprint density at radius 2 is 2.16 bits per heavy atom. The number of benzene rings is 1. The van der Waals surface area contributed by atoms with E-state index >= 15 is 0 Å². The van der Waals surface area contributed by atoms with Crippen LogP contribution in [-0.2, 0) is 6.42 Å². The minimum absolute atomic E-state index is 0.722. The summed E-state index contributed by atoms with van der Waals surface area (Å²) < 4.78 is 5.52. The van der Waals surface area contributed by atoms with Crippen molar-refractivity contribution in [2.24, 2.45) is 0 Å². The number of hydrogen-bond donors (Lipinski definition) is 1. The third-order valence-corrected chi connectivity index (χ3v) is 3.54. The smallest absolute Gasteiger partial charge is 0.133 e. The van der Waals surface area contributed by atoms with E-state index < -0.39 is 0 Å². The Labute approximate surface area is 112 Å². The summed E-state index contributed by atoms with van der Waals surface area (Å²) in [6.45, 7) is 2.77. The van der Waals surface area contributed by atoms with Gasteiger partial charge in [0.15, 0.2) is 0 Å². The monoisotopic (exact) mass is 255 g/mol. The highest BCUT2D eigenvalue weighted by Gasteiger charge is 2.14. The lowest BCUT2D eigenvalue weighted by Crippen LogP contribution is -2.12. The Morgan fingerprint density at radius 1 is 1.32 bits per heavy atom. The molecule has 0 amide bonds. The van der Waals surface area contributed by atoms with Gasteiger partial charge in [-0.2, -0.15) is 0 Å². The number of ether oxygens (including phenoxy) is 1. The van der Waals surface area contributed by atoms with Gasteiger partial charge in [0, 0.05) is 19.2 Å². The van der Waals surface area contributed by atoms with Crippen LogP contribution in [0.3, 0.4) is 0 Å². The van der Waals surface area contributed by atoms with Crippen molar-refractivity contribution in [1.29, 1.82) is 0 Å². The Balaban J connectivity index is 1.94. The topological polar surface area (TPSA) is 51.4 Å². The van der Waals surface area contributed by atoms with Crippen LogP contribution in [0.1, 0.15) is 11.1 Å². The van der Waals surface area contributed by atoms with Crippen LogP contribution in [-0.4, -0.2) is 18.6 Å². The van der Waals surface area contributed by atoms with E-state index in [1.165, 1.54) is 5.56 Å². The third-order valence-electron chi connectivity index (χ3n) is 3.54. The van der Waals surface area contributed by atoms with Gasteiger partial charge in [-0.25, -0.2) is 4.98 Å². The maximum atomic E-state index is 5.80. The first-order valence-corrected chi connectivity index (χ1v) is 6.37. The molecule has 0 spiro atoms. The Morgan fingerprint density at radius 3 is 2.95 bits per heavy atom. The quantitative estimate of drug-likeness (QED) is 0.896. The number of nitrogens with zero attached hydrogens (tertiary/aromatic N) is 2. The van der Waals surface area contributed by atoms with Crippen LogP contribution in [0.2, 0.25) is 0 Å². The second-order valence-corrected chi connectivity index (χ2v) is 4.85. The number of pyridine rings is 1. The lowest BCUT2D eigenvalue weighted by Gasteiger charge is -2.19. The number of aromatic nitrogens is 1. The lowest BCUT2D eigenvalue weighted by atomic mass is 10.1. The van der Waals surface area contributed by atoms with Crippen LogP contribution in [0, 0.1) is 6.92 Å². The molecule has 4 nitrogen and oxygen atoms in total. The fourth-order valence-corrected chi connectivity index (χ4v) is 2.25. The van der Waals surface area contributed by atoms with Gasteiger partial charge in [0.2, 0.25) is 0 Å². The Hall–Kier alpha value is -2.23. The van der Waals surface area contributed by atoms with Gasteiger partial charge in [0.1, 0.15) is 11.6 Å². The summed E-state index contributed by atoms with van der Waals surface area (Å²) in [5.74, 6) is 1.89. The zero-order valence-electron chi connectivity index (χ0n) is 11.2. The molecule has 0 bridgehead atoms. The fraction of sp³-hybridized carbons (Fsp3) is 0.267. The van der Waals surface area contributed by atoms with Gasteiger partial charge in [0.25, 0.3) is 0 Å². The first-order valence-electron chi connectivity index (χ1n) is 6.37. The Bertz CT molecular complexity index is 625. The predicted molar refractivity (Wildman–Crippen MR) is 77.1 cm³/mol. The molecule has 1 aliphatic rings. The summed E-state index contributed by atoms with van der Waals surface area (Å²) in [4.78, 5) is 6.44. The third kappa shape index (κ3) is 2.10. The maximum Gasteiger partial charge on any atom is 0.133 e. The summed E-state index contributed by atoms with van der Waals surface area (Å²) in [5.41, 5.74) is 9.94. The normalized spacial score (nSPS) is 12.9. The largest absolute Gasteiger partial charge is 0.493 e. The molecule has 0 atom stereocenters. The average Bonchev–Trinajstić information content (AvgIpc) is 2.88. The van der Waals surface area contributed by atoms with Crippen LogP contribution < -0.4 is 15.4 Å². The lowest BCUT2D eigenvalue weighted by molar-refractivity contribution is 0.357. The van der Waals surface area contributed by atoms with Crippen molar-refractivity contribution in [3.05, 3.63) is 41.6 Å². The number of anilines is 3. The number of nitrogens with two attached hydrogens (primary N) is 1. The van der Waals surface area contributed by atoms with Gasteiger partial charge in [-0.3, -0.25) is 0 Å². The van der Waals surface area contributed by atoms with E-state index in [1.807, 2.05) is 26.1 Å². The molecule has 0 saturated heterocycles. The summed E-state index contributed by atoms with van der Waals surface area (Å²) in [7, 11) is 2.01. The first-order chi connectivity index (χ1) is 9.15. The molecule has 19 heavy (non-hydrogen) atoms. The molecule has 4 heteroatoms. The maximum absolute atomic E-state index is 5.80. The van der Waals surface area contributed by atoms with Gasteiger partial charge in [-0.1, -0.05) is 0 Å². The van der Waals surface area contributed by atoms with Crippen LogP contribution in [0.25, 0.3) is 0 Å². The number of rotatable bonds is 2. The number of fused-ring (bicyclic) bond motifs is 1. The predicted octanol–water partition coefficient (Wildman–Crippen LogP) is 2.68. The standard InChI is InChI=1S/C15H17N3O/c1-10-7-15(17-9-13(10)16)18(2)12-3-4-14-11(8-12)5-6-19-14/h3-4,7-9H,5-6,16H2,1-2H3. The van der Waals surface area contributed by atoms with E-state index in [-0.39, 0.29) is 0 Å². The molecule has 1 aromatic heterocycles. The molecule has 1 aliphatic heterocycles. The highest BCUT2D eigenvalue weighted by Crippen LogP contribution is 2.31. The van der Waals surface area contributed by atoms with Gasteiger partial charge in [0.05, 0.1) is 18.5 Å². The molecule has 0 aliphatic carbocycles. The zero-order chi connectivity index (χ0) is 13.4. The van der Waals surface area contributed by atoms with Crippen molar-refractivity contribution >= 4 is 17.2 Å². The minimum Gasteiger partial charge on any atom is -0.493 e. The molecular formula is C15H17N3O. The van der Waals surface area contributed by atoms with Crippen LogP contribution in [0.4, 0.5) is 17.2 Å². The average molecular weight is 255 g/mol. The highest BCUT2D eigenvalue weighted by molar-refractivity contribution is 5.64. The van der Waals surface area contributed by atoms with E-state index in [0.29, 0.717) is 0 Å². The molecule has 3 rings (SSSR count).